The van der Waals surface area contributed by atoms with Crippen LogP contribution in [0.25, 0.3) is 0 Å². The van der Waals surface area contributed by atoms with Crippen molar-refractivity contribution in [3.63, 3.8) is 0 Å². The molecule has 148 valence electrons. The van der Waals surface area contributed by atoms with Crippen molar-refractivity contribution in [3.8, 4) is 11.5 Å². The molecule has 2 N–H and O–H groups in total. The lowest BCUT2D eigenvalue weighted by Gasteiger charge is -2.33. The maximum Gasteiger partial charge on any atom is 0.255 e. The molecule has 0 spiro atoms. The molecule has 1 saturated carbocycles. The summed E-state index contributed by atoms with van der Waals surface area (Å²) in [6.45, 7) is 0. The first-order valence-electron chi connectivity index (χ1n) is 9.51. The van der Waals surface area contributed by atoms with Crippen LogP contribution in [0.1, 0.15) is 46.4 Å². The van der Waals surface area contributed by atoms with E-state index in [1.807, 2.05) is 12.1 Å². The lowest BCUT2D eigenvalue weighted by molar-refractivity contribution is 0.0859. The van der Waals surface area contributed by atoms with Gasteiger partial charge in [-0.15, -0.1) is 0 Å². The van der Waals surface area contributed by atoms with Crippen LogP contribution in [0.5, 0.6) is 11.5 Å². The zero-order chi connectivity index (χ0) is 19.9. The molecule has 6 nitrogen and oxygen atoms in total. The molecule has 2 aromatic rings. The molecule has 2 amide bonds. The van der Waals surface area contributed by atoms with E-state index in [-0.39, 0.29) is 23.9 Å². The summed E-state index contributed by atoms with van der Waals surface area (Å²) >= 11 is 0. The van der Waals surface area contributed by atoms with Crippen LogP contribution in [0, 0.1) is 0 Å². The summed E-state index contributed by atoms with van der Waals surface area (Å²) in [6.07, 6.45) is 3.66. The van der Waals surface area contributed by atoms with E-state index < -0.39 is 0 Å². The van der Waals surface area contributed by atoms with Crippen LogP contribution < -0.4 is 20.1 Å². The van der Waals surface area contributed by atoms with Gasteiger partial charge in [0, 0.05) is 12.1 Å². The molecule has 2 aromatic carbocycles. The van der Waals surface area contributed by atoms with Crippen molar-refractivity contribution >= 4 is 11.8 Å². The zero-order valence-electron chi connectivity index (χ0n) is 16.2. The van der Waals surface area contributed by atoms with Gasteiger partial charge >= 0.3 is 0 Å². The van der Waals surface area contributed by atoms with E-state index in [9.17, 15) is 9.59 Å². The van der Waals surface area contributed by atoms with E-state index in [0.717, 1.165) is 25.7 Å². The highest BCUT2D eigenvalue weighted by Crippen LogP contribution is 2.23. The molecule has 0 aromatic heterocycles. The Bertz CT molecular complexity index is 767. The van der Waals surface area contributed by atoms with Gasteiger partial charge in [0.2, 0.25) is 0 Å². The third-order valence-corrected chi connectivity index (χ3v) is 5.10. The van der Waals surface area contributed by atoms with Gasteiger partial charge in [-0.25, -0.2) is 0 Å². The van der Waals surface area contributed by atoms with E-state index in [1.54, 1.807) is 50.6 Å². The molecule has 0 heterocycles. The van der Waals surface area contributed by atoms with Crippen molar-refractivity contribution in [2.45, 2.75) is 37.8 Å². The third kappa shape index (κ3) is 4.44. The SMILES string of the molecule is COc1ccccc1C(=O)N[C@@H]1CCCC[C@H]1NC(=O)c1ccccc1OC. The monoisotopic (exact) mass is 382 g/mol. The molecule has 0 saturated heterocycles. The van der Waals surface area contributed by atoms with E-state index >= 15 is 0 Å². The number of hydrogen-bond acceptors (Lipinski definition) is 4. The zero-order valence-corrected chi connectivity index (χ0v) is 16.2. The van der Waals surface area contributed by atoms with Crippen LogP contribution >= 0.6 is 0 Å². The number of carbonyl (C=O) groups excluding carboxylic acids is 2. The summed E-state index contributed by atoms with van der Waals surface area (Å²) in [4.78, 5) is 25.5. The van der Waals surface area contributed by atoms with Gasteiger partial charge in [-0.3, -0.25) is 9.59 Å². The Morgan fingerprint density at radius 3 is 1.54 bits per heavy atom. The molecule has 3 rings (SSSR count). The van der Waals surface area contributed by atoms with E-state index in [1.165, 1.54) is 0 Å². The van der Waals surface area contributed by atoms with E-state index in [4.69, 9.17) is 9.47 Å². The van der Waals surface area contributed by atoms with Crippen LogP contribution in [0.3, 0.4) is 0 Å². The minimum absolute atomic E-state index is 0.134. The van der Waals surface area contributed by atoms with E-state index in [2.05, 4.69) is 10.6 Å². The second-order valence-electron chi connectivity index (χ2n) is 6.84. The Morgan fingerprint density at radius 1 is 0.750 bits per heavy atom. The minimum Gasteiger partial charge on any atom is -0.496 e. The molecule has 0 radical (unpaired) electrons. The summed E-state index contributed by atoms with van der Waals surface area (Å²) in [5, 5.41) is 6.16. The molecular weight excluding hydrogens is 356 g/mol. The maximum absolute atomic E-state index is 12.8. The van der Waals surface area contributed by atoms with Crippen LogP contribution in [0.4, 0.5) is 0 Å². The van der Waals surface area contributed by atoms with Crippen molar-refractivity contribution in [1.82, 2.24) is 10.6 Å². The van der Waals surface area contributed by atoms with Crippen LogP contribution in [-0.2, 0) is 0 Å². The Kier molecular flexibility index (Phi) is 6.53. The number of rotatable bonds is 6. The second kappa shape index (κ2) is 9.26. The van der Waals surface area contributed by atoms with Crippen molar-refractivity contribution in [2.24, 2.45) is 0 Å². The van der Waals surface area contributed by atoms with Gasteiger partial charge in [-0.2, -0.15) is 0 Å². The molecule has 0 aliphatic heterocycles. The standard InChI is InChI=1S/C22H26N2O4/c1-27-19-13-7-3-9-15(19)21(25)23-17-11-5-6-12-18(17)24-22(26)16-10-4-8-14-20(16)28-2/h3-4,7-10,13-14,17-18H,5-6,11-12H2,1-2H3,(H,23,25)(H,24,26)/t17-,18-/m1/s1. The minimum atomic E-state index is -0.194. The van der Waals surface area contributed by atoms with Gasteiger partial charge in [-0.05, 0) is 37.1 Å². The molecule has 1 fully saturated rings. The van der Waals surface area contributed by atoms with Crippen LogP contribution in [0.2, 0.25) is 0 Å². The predicted molar refractivity (Wildman–Crippen MR) is 107 cm³/mol. The smallest absolute Gasteiger partial charge is 0.255 e. The summed E-state index contributed by atoms with van der Waals surface area (Å²) in [5.74, 6) is 0.678. The van der Waals surface area contributed by atoms with Gasteiger partial charge in [0.05, 0.1) is 25.3 Å². The van der Waals surface area contributed by atoms with E-state index in [0.29, 0.717) is 22.6 Å². The Labute approximate surface area is 165 Å². The summed E-state index contributed by atoms with van der Waals surface area (Å²) in [5.41, 5.74) is 0.982. The highest BCUT2D eigenvalue weighted by molar-refractivity contribution is 5.98. The fraction of sp³-hybridized carbons (Fsp3) is 0.364. The highest BCUT2D eigenvalue weighted by Gasteiger charge is 2.29. The number of carbonyl (C=O) groups is 2. The lowest BCUT2D eigenvalue weighted by Crippen LogP contribution is -2.53. The van der Waals surface area contributed by atoms with Crippen molar-refractivity contribution in [3.05, 3.63) is 59.7 Å². The predicted octanol–water partition coefficient (Wildman–Crippen LogP) is 3.17. The van der Waals surface area contributed by atoms with Gasteiger partial charge in [0.1, 0.15) is 11.5 Å². The lowest BCUT2D eigenvalue weighted by atomic mass is 9.89. The molecule has 1 aliphatic rings. The fourth-order valence-electron chi connectivity index (χ4n) is 3.63. The molecule has 6 heteroatoms. The first kappa shape index (κ1) is 19.7. The third-order valence-electron chi connectivity index (χ3n) is 5.10. The number of methoxy groups -OCH3 is 2. The largest absolute Gasteiger partial charge is 0.496 e. The molecule has 0 bridgehead atoms. The van der Waals surface area contributed by atoms with Crippen molar-refractivity contribution in [2.75, 3.05) is 14.2 Å². The number of para-hydroxylation sites is 2. The number of nitrogens with one attached hydrogen (secondary N) is 2. The van der Waals surface area contributed by atoms with Crippen LogP contribution in [-0.4, -0.2) is 38.1 Å². The summed E-state index contributed by atoms with van der Waals surface area (Å²) in [6, 6.07) is 14.0. The second-order valence-corrected chi connectivity index (χ2v) is 6.84. The maximum atomic E-state index is 12.8. The first-order chi connectivity index (χ1) is 13.6. The Morgan fingerprint density at radius 2 is 1.14 bits per heavy atom. The summed E-state index contributed by atoms with van der Waals surface area (Å²) < 4.78 is 10.6. The van der Waals surface area contributed by atoms with Crippen molar-refractivity contribution < 1.29 is 19.1 Å². The number of benzene rings is 2. The Hall–Kier alpha value is -3.02. The molecular formula is C22H26N2O4. The molecule has 2 atom stereocenters. The number of hydrogen-bond donors (Lipinski definition) is 2. The van der Waals surface area contributed by atoms with Gasteiger partial charge in [0.15, 0.2) is 0 Å². The highest BCUT2D eigenvalue weighted by atomic mass is 16.5. The normalized spacial score (nSPS) is 18.8. The fourth-order valence-corrected chi connectivity index (χ4v) is 3.63. The summed E-state index contributed by atoms with van der Waals surface area (Å²) in [7, 11) is 3.09. The molecule has 0 unspecified atom stereocenters. The topological polar surface area (TPSA) is 76.7 Å². The average molecular weight is 382 g/mol. The van der Waals surface area contributed by atoms with Crippen LogP contribution in [0.15, 0.2) is 48.5 Å². The van der Waals surface area contributed by atoms with Gasteiger partial charge < -0.3 is 20.1 Å². The van der Waals surface area contributed by atoms with Gasteiger partial charge in [-0.1, -0.05) is 37.1 Å². The first-order valence-corrected chi connectivity index (χ1v) is 9.51. The quantitative estimate of drug-likeness (QED) is 0.805. The molecule has 28 heavy (non-hydrogen) atoms. The Balaban J connectivity index is 1.72. The number of amides is 2. The average Bonchev–Trinajstić information content (AvgIpc) is 2.74. The molecule has 1 aliphatic carbocycles. The van der Waals surface area contributed by atoms with Crippen molar-refractivity contribution in [1.29, 1.82) is 0 Å². The van der Waals surface area contributed by atoms with Gasteiger partial charge in [0.25, 0.3) is 11.8 Å². The number of ether oxygens (including phenoxy) is 2.